The number of anilines is 3. The summed E-state index contributed by atoms with van der Waals surface area (Å²) in [4.78, 5) is 23.1. The van der Waals surface area contributed by atoms with E-state index in [1.54, 1.807) is 25.3 Å². The third-order valence-electron chi connectivity index (χ3n) is 5.32. The highest BCUT2D eigenvalue weighted by Crippen LogP contribution is 2.37. The SMILES string of the molecule is COCc1cc(Nc2ncc3c(n2)OCN(c2c(Cl)cccc2Cl)C3=O)cc2c1CC=C2. The fraction of sp³-hybridized carbons (Fsp3) is 0.174. The quantitative estimate of drug-likeness (QED) is 0.551. The Kier molecular flexibility index (Phi) is 5.46. The third-order valence-corrected chi connectivity index (χ3v) is 5.93. The summed E-state index contributed by atoms with van der Waals surface area (Å²) in [6, 6.07) is 9.10. The van der Waals surface area contributed by atoms with Gasteiger partial charge in [-0.3, -0.25) is 9.69 Å². The molecular formula is C23H18Cl2N4O3. The van der Waals surface area contributed by atoms with Crippen LogP contribution in [0.15, 0.2) is 42.6 Å². The zero-order valence-corrected chi connectivity index (χ0v) is 18.6. The number of fused-ring (bicyclic) bond motifs is 2. The molecule has 162 valence electrons. The molecule has 2 aromatic carbocycles. The second kappa shape index (κ2) is 8.43. The first-order valence-electron chi connectivity index (χ1n) is 9.89. The van der Waals surface area contributed by atoms with Crippen LogP contribution in [0.2, 0.25) is 10.0 Å². The van der Waals surface area contributed by atoms with Crippen LogP contribution in [0.25, 0.3) is 6.08 Å². The van der Waals surface area contributed by atoms with E-state index >= 15 is 0 Å². The van der Waals surface area contributed by atoms with Crippen molar-refractivity contribution in [1.29, 1.82) is 0 Å². The van der Waals surface area contributed by atoms with Crippen molar-refractivity contribution in [2.45, 2.75) is 13.0 Å². The summed E-state index contributed by atoms with van der Waals surface area (Å²) < 4.78 is 11.1. The topological polar surface area (TPSA) is 76.6 Å². The molecule has 32 heavy (non-hydrogen) atoms. The van der Waals surface area contributed by atoms with E-state index < -0.39 is 0 Å². The maximum Gasteiger partial charge on any atom is 0.268 e. The van der Waals surface area contributed by atoms with E-state index in [1.807, 2.05) is 12.1 Å². The molecule has 1 aliphatic heterocycles. The van der Waals surface area contributed by atoms with Crippen LogP contribution in [-0.4, -0.2) is 29.7 Å². The van der Waals surface area contributed by atoms with Gasteiger partial charge in [-0.2, -0.15) is 4.98 Å². The van der Waals surface area contributed by atoms with E-state index in [1.165, 1.54) is 16.7 Å². The summed E-state index contributed by atoms with van der Waals surface area (Å²) in [6.45, 7) is 0.454. The number of ether oxygens (including phenoxy) is 2. The maximum absolute atomic E-state index is 13.0. The Labute approximate surface area is 194 Å². The van der Waals surface area contributed by atoms with Gasteiger partial charge in [0, 0.05) is 19.0 Å². The summed E-state index contributed by atoms with van der Waals surface area (Å²) in [5.41, 5.74) is 4.96. The number of aromatic nitrogens is 2. The van der Waals surface area contributed by atoms with Crippen molar-refractivity contribution < 1.29 is 14.3 Å². The predicted molar refractivity (Wildman–Crippen MR) is 124 cm³/mol. The number of hydrogen-bond donors (Lipinski definition) is 1. The van der Waals surface area contributed by atoms with E-state index in [-0.39, 0.29) is 24.1 Å². The molecule has 0 radical (unpaired) electrons. The van der Waals surface area contributed by atoms with Crippen molar-refractivity contribution in [1.82, 2.24) is 9.97 Å². The molecule has 0 bridgehead atoms. The lowest BCUT2D eigenvalue weighted by molar-refractivity contribution is 0.0932. The summed E-state index contributed by atoms with van der Waals surface area (Å²) in [6.07, 6.45) is 6.54. The first kappa shape index (κ1) is 20.8. The van der Waals surface area contributed by atoms with Gasteiger partial charge < -0.3 is 14.8 Å². The molecule has 1 aliphatic carbocycles. The number of carbonyl (C=O) groups is 1. The van der Waals surface area contributed by atoms with E-state index in [0.29, 0.717) is 28.3 Å². The fourth-order valence-electron chi connectivity index (χ4n) is 3.87. The molecule has 0 fully saturated rings. The van der Waals surface area contributed by atoms with Crippen LogP contribution < -0.4 is 15.0 Å². The number of halogens is 2. The van der Waals surface area contributed by atoms with Crippen LogP contribution in [0.1, 0.15) is 27.0 Å². The van der Waals surface area contributed by atoms with Gasteiger partial charge in [0.05, 0.1) is 22.3 Å². The molecule has 0 spiro atoms. The summed E-state index contributed by atoms with van der Waals surface area (Å²) in [5.74, 6) is 0.189. The lowest BCUT2D eigenvalue weighted by atomic mass is 10.0. The number of hydrogen-bond acceptors (Lipinski definition) is 6. The third kappa shape index (κ3) is 3.68. The minimum Gasteiger partial charge on any atom is -0.455 e. The lowest BCUT2D eigenvalue weighted by Gasteiger charge is -2.29. The van der Waals surface area contributed by atoms with Gasteiger partial charge in [-0.15, -0.1) is 0 Å². The molecule has 9 heteroatoms. The van der Waals surface area contributed by atoms with E-state index in [4.69, 9.17) is 32.7 Å². The zero-order valence-electron chi connectivity index (χ0n) is 17.1. The van der Waals surface area contributed by atoms with Gasteiger partial charge in [0.25, 0.3) is 5.91 Å². The highest BCUT2D eigenvalue weighted by Gasteiger charge is 2.31. The van der Waals surface area contributed by atoms with Crippen LogP contribution in [0.5, 0.6) is 5.88 Å². The summed E-state index contributed by atoms with van der Waals surface area (Å²) in [7, 11) is 1.68. The molecule has 1 N–H and O–H groups in total. The summed E-state index contributed by atoms with van der Waals surface area (Å²) >= 11 is 12.5. The Balaban J connectivity index is 1.42. The number of rotatable bonds is 5. The molecule has 2 aliphatic rings. The molecule has 0 saturated carbocycles. The second-order valence-corrected chi connectivity index (χ2v) is 8.17. The summed E-state index contributed by atoms with van der Waals surface area (Å²) in [5, 5.41) is 3.91. The highest BCUT2D eigenvalue weighted by molar-refractivity contribution is 6.40. The molecule has 0 atom stereocenters. The van der Waals surface area contributed by atoms with Crippen molar-refractivity contribution in [3.63, 3.8) is 0 Å². The molecule has 7 nitrogen and oxygen atoms in total. The van der Waals surface area contributed by atoms with Crippen molar-refractivity contribution in [2.24, 2.45) is 0 Å². The van der Waals surface area contributed by atoms with Gasteiger partial charge in [-0.1, -0.05) is 41.4 Å². The molecule has 0 saturated heterocycles. The van der Waals surface area contributed by atoms with Crippen LogP contribution >= 0.6 is 23.2 Å². The normalized spacial score (nSPS) is 14.2. The van der Waals surface area contributed by atoms with Gasteiger partial charge >= 0.3 is 0 Å². The van der Waals surface area contributed by atoms with E-state index in [0.717, 1.165) is 23.2 Å². The van der Waals surface area contributed by atoms with Gasteiger partial charge in [0.2, 0.25) is 11.8 Å². The molecule has 1 amide bonds. The second-order valence-electron chi connectivity index (χ2n) is 7.36. The minimum absolute atomic E-state index is 0.0621. The number of nitrogens with zero attached hydrogens (tertiary/aromatic N) is 3. The minimum atomic E-state index is -0.335. The lowest BCUT2D eigenvalue weighted by Crippen LogP contribution is -2.39. The molecule has 0 unspecified atom stereocenters. The maximum atomic E-state index is 13.0. The van der Waals surface area contributed by atoms with Crippen molar-refractivity contribution in [3.8, 4) is 5.88 Å². The number of amides is 1. The Hall–Kier alpha value is -3.13. The first-order chi connectivity index (χ1) is 15.5. The van der Waals surface area contributed by atoms with Crippen LogP contribution in [-0.2, 0) is 17.8 Å². The Bertz CT molecular complexity index is 1240. The van der Waals surface area contributed by atoms with Crippen molar-refractivity contribution in [2.75, 3.05) is 24.1 Å². The van der Waals surface area contributed by atoms with Crippen LogP contribution in [0.3, 0.4) is 0 Å². The number of benzene rings is 2. The number of nitrogens with one attached hydrogen (secondary N) is 1. The Morgan fingerprint density at radius 2 is 2.06 bits per heavy atom. The van der Waals surface area contributed by atoms with E-state index in [9.17, 15) is 4.79 Å². The average molecular weight is 469 g/mol. The fourth-order valence-corrected chi connectivity index (χ4v) is 4.47. The van der Waals surface area contributed by atoms with Gasteiger partial charge in [0.1, 0.15) is 5.56 Å². The zero-order chi connectivity index (χ0) is 22.2. The molecular weight excluding hydrogens is 451 g/mol. The number of carbonyl (C=O) groups excluding carboxylic acids is 1. The Morgan fingerprint density at radius 1 is 1.25 bits per heavy atom. The van der Waals surface area contributed by atoms with Gasteiger partial charge in [-0.25, -0.2) is 4.98 Å². The number of methoxy groups -OCH3 is 1. The highest BCUT2D eigenvalue weighted by atomic mass is 35.5. The number of para-hydroxylation sites is 1. The predicted octanol–water partition coefficient (Wildman–Crippen LogP) is 5.24. The Morgan fingerprint density at radius 3 is 2.84 bits per heavy atom. The van der Waals surface area contributed by atoms with Crippen molar-refractivity contribution >= 4 is 52.5 Å². The average Bonchev–Trinajstić information content (AvgIpc) is 3.24. The van der Waals surface area contributed by atoms with Crippen LogP contribution in [0, 0.1) is 0 Å². The molecule has 5 rings (SSSR count). The first-order valence-corrected chi connectivity index (χ1v) is 10.6. The van der Waals surface area contributed by atoms with Crippen molar-refractivity contribution in [3.05, 3.63) is 74.9 Å². The van der Waals surface area contributed by atoms with Gasteiger partial charge in [-0.05, 0) is 47.4 Å². The standard InChI is InChI=1S/C23H18Cl2N4O3/c1-31-11-14-9-15(8-13-4-2-5-16(13)14)27-23-26-10-17-21(28-23)32-12-29(22(17)30)20-18(24)6-3-7-19(20)25/h2-4,6-10H,5,11-12H2,1H3,(H,26,27,28). The molecule has 2 heterocycles. The molecule has 3 aromatic rings. The molecule has 1 aromatic heterocycles. The van der Waals surface area contributed by atoms with Crippen LogP contribution in [0.4, 0.5) is 17.3 Å². The largest absolute Gasteiger partial charge is 0.455 e. The number of allylic oxidation sites excluding steroid dienone is 1. The van der Waals surface area contributed by atoms with Gasteiger partial charge in [0.15, 0.2) is 6.73 Å². The smallest absolute Gasteiger partial charge is 0.268 e. The van der Waals surface area contributed by atoms with E-state index in [2.05, 4.69) is 27.4 Å². The monoisotopic (exact) mass is 468 g/mol.